The Hall–Kier alpha value is -2.53. The molecule has 3 aromatic rings. The highest BCUT2D eigenvalue weighted by molar-refractivity contribution is 5.75. The fourth-order valence-electron chi connectivity index (χ4n) is 2.43. The molecule has 0 amide bonds. The number of anilines is 1. The lowest BCUT2D eigenvalue weighted by molar-refractivity contribution is 0.173. The maximum Gasteiger partial charge on any atom is 0.136 e. The summed E-state index contributed by atoms with van der Waals surface area (Å²) in [5.74, 6) is 1.72. The van der Waals surface area contributed by atoms with Crippen molar-refractivity contribution in [1.82, 2.24) is 9.55 Å². The van der Waals surface area contributed by atoms with Crippen molar-refractivity contribution in [3.63, 3.8) is 0 Å². The molecule has 0 fully saturated rings. The van der Waals surface area contributed by atoms with Gasteiger partial charge in [0, 0.05) is 12.8 Å². The summed E-state index contributed by atoms with van der Waals surface area (Å²) in [6.45, 7) is 1.75. The first-order valence-electron chi connectivity index (χ1n) is 7.19. The first kappa shape index (κ1) is 14.4. The van der Waals surface area contributed by atoms with Crippen LogP contribution in [0.4, 0.5) is 5.69 Å². The molecular formula is C17H19N3O2. The van der Waals surface area contributed by atoms with E-state index in [4.69, 9.17) is 15.2 Å². The number of para-hydroxylation sites is 2. The molecule has 1 heterocycles. The molecule has 0 atom stereocenters. The van der Waals surface area contributed by atoms with E-state index in [1.165, 1.54) is 0 Å². The van der Waals surface area contributed by atoms with Crippen molar-refractivity contribution in [3.8, 4) is 5.75 Å². The lowest BCUT2D eigenvalue weighted by Crippen LogP contribution is -2.11. The van der Waals surface area contributed by atoms with E-state index in [1.54, 1.807) is 7.11 Å². The Morgan fingerprint density at radius 3 is 2.64 bits per heavy atom. The van der Waals surface area contributed by atoms with Crippen LogP contribution in [0.3, 0.4) is 0 Å². The highest BCUT2D eigenvalue weighted by Crippen LogP contribution is 2.17. The summed E-state index contributed by atoms with van der Waals surface area (Å²) < 4.78 is 13.1. The summed E-state index contributed by atoms with van der Waals surface area (Å²) in [5.41, 5.74) is 8.47. The number of methoxy groups -OCH3 is 1. The third kappa shape index (κ3) is 3.04. The molecule has 0 bridgehead atoms. The minimum absolute atomic E-state index is 0.483. The van der Waals surface area contributed by atoms with Crippen molar-refractivity contribution in [2.45, 2.75) is 13.2 Å². The molecule has 0 radical (unpaired) electrons. The highest BCUT2D eigenvalue weighted by Gasteiger charge is 2.09. The second-order valence-electron chi connectivity index (χ2n) is 5.02. The normalized spacial score (nSPS) is 11.0. The largest absolute Gasteiger partial charge is 0.492 e. The molecule has 0 saturated carbocycles. The lowest BCUT2D eigenvalue weighted by atomic mass is 10.3. The molecule has 22 heavy (non-hydrogen) atoms. The van der Waals surface area contributed by atoms with E-state index in [-0.39, 0.29) is 0 Å². The van der Waals surface area contributed by atoms with E-state index in [2.05, 4.69) is 15.6 Å². The summed E-state index contributed by atoms with van der Waals surface area (Å²) in [7, 11) is 1.68. The Bertz CT molecular complexity index is 750. The van der Waals surface area contributed by atoms with Gasteiger partial charge in [0.2, 0.25) is 0 Å². The molecule has 0 saturated heterocycles. The summed E-state index contributed by atoms with van der Waals surface area (Å²) in [6, 6.07) is 15.5. The molecular weight excluding hydrogens is 278 g/mol. The third-order valence-electron chi connectivity index (χ3n) is 3.47. The summed E-state index contributed by atoms with van der Waals surface area (Å²) >= 11 is 0. The van der Waals surface area contributed by atoms with Crippen molar-refractivity contribution in [3.05, 3.63) is 54.4 Å². The van der Waals surface area contributed by atoms with Gasteiger partial charge in [-0.15, -0.1) is 0 Å². The fraction of sp³-hybridized carbons (Fsp3) is 0.235. The molecule has 2 aromatic carbocycles. The summed E-state index contributed by atoms with van der Waals surface area (Å²) in [5, 5.41) is 0. The van der Waals surface area contributed by atoms with E-state index in [0.29, 0.717) is 19.8 Å². The zero-order chi connectivity index (χ0) is 15.4. The van der Waals surface area contributed by atoms with Crippen LogP contribution in [0.2, 0.25) is 0 Å². The molecule has 0 aliphatic heterocycles. The Morgan fingerprint density at radius 1 is 1.09 bits per heavy atom. The van der Waals surface area contributed by atoms with Crippen molar-refractivity contribution in [2.75, 3.05) is 19.5 Å². The molecule has 5 nitrogen and oxygen atoms in total. The van der Waals surface area contributed by atoms with Crippen LogP contribution in [0, 0.1) is 0 Å². The quantitative estimate of drug-likeness (QED) is 0.711. The number of ether oxygens (including phenoxy) is 2. The molecule has 1 aromatic heterocycles. The molecule has 114 valence electrons. The first-order chi connectivity index (χ1) is 10.8. The number of benzene rings is 2. The predicted octanol–water partition coefficient (Wildman–Crippen LogP) is 2.84. The molecule has 0 aliphatic carbocycles. The maximum absolute atomic E-state index is 5.77. The lowest BCUT2D eigenvalue weighted by Gasteiger charge is -2.10. The van der Waals surface area contributed by atoms with Gasteiger partial charge >= 0.3 is 0 Å². The molecule has 0 unspecified atom stereocenters. The van der Waals surface area contributed by atoms with E-state index >= 15 is 0 Å². The van der Waals surface area contributed by atoms with Gasteiger partial charge in [0.15, 0.2) is 0 Å². The number of imidazole rings is 1. The second kappa shape index (κ2) is 6.49. The zero-order valence-corrected chi connectivity index (χ0v) is 12.5. The highest BCUT2D eigenvalue weighted by atomic mass is 16.5. The number of aromatic nitrogens is 2. The minimum Gasteiger partial charge on any atom is -0.492 e. The van der Waals surface area contributed by atoms with Crippen LogP contribution in [0.15, 0.2) is 48.5 Å². The van der Waals surface area contributed by atoms with Crippen LogP contribution >= 0.6 is 0 Å². The van der Waals surface area contributed by atoms with Gasteiger partial charge in [-0.2, -0.15) is 0 Å². The zero-order valence-electron chi connectivity index (χ0n) is 12.5. The standard InChI is InChI=1S/C17H19N3O2/c1-21-12-17-19-15-4-2-3-5-16(15)20(17)10-11-22-14-8-6-13(18)7-9-14/h2-9H,10-12,18H2,1H3. The van der Waals surface area contributed by atoms with Crippen LogP contribution in [-0.2, 0) is 17.9 Å². The van der Waals surface area contributed by atoms with E-state index in [1.807, 2.05) is 42.5 Å². The van der Waals surface area contributed by atoms with Crippen molar-refractivity contribution < 1.29 is 9.47 Å². The SMILES string of the molecule is COCc1nc2ccccc2n1CCOc1ccc(N)cc1. The van der Waals surface area contributed by atoms with Crippen LogP contribution < -0.4 is 10.5 Å². The summed E-state index contributed by atoms with van der Waals surface area (Å²) in [4.78, 5) is 4.61. The van der Waals surface area contributed by atoms with Crippen LogP contribution in [-0.4, -0.2) is 23.3 Å². The molecule has 2 N–H and O–H groups in total. The van der Waals surface area contributed by atoms with E-state index in [9.17, 15) is 0 Å². The Kier molecular flexibility index (Phi) is 4.25. The van der Waals surface area contributed by atoms with Crippen molar-refractivity contribution in [2.24, 2.45) is 0 Å². The topological polar surface area (TPSA) is 62.3 Å². The van der Waals surface area contributed by atoms with Gasteiger partial charge in [-0.05, 0) is 36.4 Å². The molecule has 3 rings (SSSR count). The van der Waals surface area contributed by atoms with Gasteiger partial charge in [-0.1, -0.05) is 12.1 Å². The van der Waals surface area contributed by atoms with Crippen molar-refractivity contribution in [1.29, 1.82) is 0 Å². The van der Waals surface area contributed by atoms with E-state index < -0.39 is 0 Å². The van der Waals surface area contributed by atoms with E-state index in [0.717, 1.165) is 28.3 Å². The molecule has 0 aliphatic rings. The number of fused-ring (bicyclic) bond motifs is 1. The number of hydrogen-bond donors (Lipinski definition) is 1. The average molecular weight is 297 g/mol. The summed E-state index contributed by atoms with van der Waals surface area (Å²) in [6.07, 6.45) is 0. The predicted molar refractivity (Wildman–Crippen MR) is 86.8 cm³/mol. The minimum atomic E-state index is 0.483. The Labute approximate surface area is 129 Å². The first-order valence-corrected chi connectivity index (χ1v) is 7.19. The number of hydrogen-bond acceptors (Lipinski definition) is 4. The average Bonchev–Trinajstić information content (AvgIpc) is 2.88. The Morgan fingerprint density at radius 2 is 1.86 bits per heavy atom. The van der Waals surface area contributed by atoms with Gasteiger partial charge in [-0.3, -0.25) is 0 Å². The van der Waals surface area contributed by atoms with Crippen LogP contribution in [0.5, 0.6) is 5.75 Å². The Balaban J connectivity index is 1.74. The maximum atomic E-state index is 5.77. The monoisotopic (exact) mass is 297 g/mol. The number of rotatable bonds is 6. The molecule has 5 heteroatoms. The fourth-order valence-corrected chi connectivity index (χ4v) is 2.43. The van der Waals surface area contributed by atoms with Crippen LogP contribution in [0.25, 0.3) is 11.0 Å². The van der Waals surface area contributed by atoms with Crippen LogP contribution in [0.1, 0.15) is 5.82 Å². The van der Waals surface area contributed by atoms with Gasteiger partial charge in [0.25, 0.3) is 0 Å². The van der Waals surface area contributed by atoms with Crippen molar-refractivity contribution >= 4 is 16.7 Å². The second-order valence-corrected chi connectivity index (χ2v) is 5.02. The third-order valence-corrected chi connectivity index (χ3v) is 3.47. The smallest absolute Gasteiger partial charge is 0.136 e. The number of nitrogen functional groups attached to an aromatic ring is 1. The number of nitrogens with zero attached hydrogens (tertiary/aromatic N) is 2. The van der Waals surface area contributed by atoms with Gasteiger partial charge < -0.3 is 19.8 Å². The van der Waals surface area contributed by atoms with Gasteiger partial charge in [0.05, 0.1) is 17.6 Å². The van der Waals surface area contributed by atoms with Gasteiger partial charge in [0.1, 0.15) is 24.8 Å². The van der Waals surface area contributed by atoms with Gasteiger partial charge in [-0.25, -0.2) is 4.98 Å². The number of nitrogens with two attached hydrogens (primary N) is 1. The molecule has 0 spiro atoms.